The lowest BCUT2D eigenvalue weighted by Crippen LogP contribution is -2.48. The number of hydrogen-bond donors (Lipinski definition) is 0. The minimum atomic E-state index is 0.373. The monoisotopic (exact) mass is 678 g/mol. The van der Waals surface area contributed by atoms with Gasteiger partial charge in [0.25, 0.3) is 0 Å². The van der Waals surface area contributed by atoms with Crippen LogP contribution in [0.1, 0.15) is 93.7 Å². The van der Waals surface area contributed by atoms with Crippen molar-refractivity contribution in [3.63, 3.8) is 0 Å². The van der Waals surface area contributed by atoms with Crippen molar-refractivity contribution in [3.8, 4) is 51.4 Å². The van der Waals surface area contributed by atoms with Gasteiger partial charge in [-0.3, -0.25) is 0 Å². The van der Waals surface area contributed by atoms with Gasteiger partial charge in [-0.05, 0) is 158 Å². The minimum absolute atomic E-state index is 0.373. The van der Waals surface area contributed by atoms with E-state index in [1.165, 1.54) is 88.2 Å². The first-order valence-corrected chi connectivity index (χ1v) is 20.1. The van der Waals surface area contributed by atoms with Gasteiger partial charge in [0.2, 0.25) is 0 Å². The van der Waals surface area contributed by atoms with E-state index in [4.69, 9.17) is 15.0 Å². The summed E-state index contributed by atoms with van der Waals surface area (Å²) in [7, 11) is 0. The molecule has 0 amide bonds. The second-order valence-electron chi connectivity index (χ2n) is 18.1. The van der Waals surface area contributed by atoms with Crippen molar-refractivity contribution in [2.24, 2.45) is 35.5 Å². The molecule has 4 heteroatoms. The maximum absolute atomic E-state index is 9.24. The molecule has 0 N–H and O–H groups in total. The van der Waals surface area contributed by atoms with Crippen LogP contribution in [0, 0.1) is 46.8 Å². The molecule has 1 aromatic heterocycles. The maximum atomic E-state index is 9.24. The Morgan fingerprint density at radius 3 is 0.962 bits per heavy atom. The van der Waals surface area contributed by atoms with Gasteiger partial charge in [0, 0.05) is 16.7 Å². The van der Waals surface area contributed by atoms with E-state index in [0.717, 1.165) is 75.0 Å². The molecule has 0 unspecified atom stereocenters. The summed E-state index contributed by atoms with van der Waals surface area (Å²) in [5, 5.41) is 9.24. The molecule has 13 rings (SSSR count). The highest BCUT2D eigenvalue weighted by atomic mass is 15.0. The average molecular weight is 679 g/mol. The van der Waals surface area contributed by atoms with Gasteiger partial charge < -0.3 is 0 Å². The van der Waals surface area contributed by atoms with Crippen LogP contribution < -0.4 is 0 Å². The van der Waals surface area contributed by atoms with Crippen molar-refractivity contribution in [2.45, 2.75) is 87.9 Å². The lowest BCUT2D eigenvalue weighted by atomic mass is 9.48. The molecule has 0 aliphatic heterocycles. The van der Waals surface area contributed by atoms with Gasteiger partial charge in [0.15, 0.2) is 17.5 Å². The van der Waals surface area contributed by atoms with Gasteiger partial charge in [-0.15, -0.1) is 0 Å². The summed E-state index contributed by atoms with van der Waals surface area (Å²) in [5.41, 5.74) is 9.74. The summed E-state index contributed by atoms with van der Waals surface area (Å²) in [6, 6.07) is 37.2. The Hall–Kier alpha value is -4.62. The minimum Gasteiger partial charge on any atom is -0.208 e. The predicted molar refractivity (Wildman–Crippen MR) is 206 cm³/mol. The van der Waals surface area contributed by atoms with Crippen molar-refractivity contribution < 1.29 is 0 Å². The number of nitrogens with zero attached hydrogens (tertiary/aromatic N) is 4. The molecule has 8 aliphatic carbocycles. The molecule has 52 heavy (non-hydrogen) atoms. The van der Waals surface area contributed by atoms with Crippen LogP contribution in [0.5, 0.6) is 0 Å². The number of rotatable bonds is 6. The van der Waals surface area contributed by atoms with Gasteiger partial charge in [-0.25, -0.2) is 15.0 Å². The van der Waals surface area contributed by atoms with Crippen LogP contribution in [0.4, 0.5) is 0 Å². The standard InChI is InChI=1S/C48H46N4/c49-29-30-1-3-37(4-2-30)38-5-7-39(8-6-38)44-50-45(40-9-13-42(14-10-40)47-23-31-17-32(24-47)19-33(18-31)25-47)52-46(51-44)41-11-15-43(16-12-41)48-26-34-20-35(27-48)22-36(21-34)28-48/h1-16,31-36H,17-28H2/t31-,32+,33-,34-,35+,36-,47?,48?. The Labute approximate surface area is 307 Å². The molecule has 258 valence electrons. The largest absolute Gasteiger partial charge is 0.208 e. The molecular formula is C48H46N4. The van der Waals surface area contributed by atoms with E-state index in [-0.39, 0.29) is 0 Å². The SMILES string of the molecule is N#Cc1ccc(-c2ccc(-c3nc(-c4ccc(C56C[C@H]7C[C@@H](C5)C[C@@H](C6)C7)cc4)nc(-c4ccc(C56C[C@H]7C[C@@H](C5)C[C@@H](C6)C7)cc4)n3)cc2)cc1. The van der Waals surface area contributed by atoms with E-state index < -0.39 is 0 Å². The van der Waals surface area contributed by atoms with Crippen molar-refractivity contribution in [1.82, 2.24) is 15.0 Å². The Morgan fingerprint density at radius 2 is 0.654 bits per heavy atom. The number of hydrogen-bond acceptors (Lipinski definition) is 4. The first kappa shape index (κ1) is 31.0. The van der Waals surface area contributed by atoms with Crippen molar-refractivity contribution in [3.05, 3.63) is 114 Å². The molecule has 8 saturated carbocycles. The molecule has 0 radical (unpaired) electrons. The predicted octanol–water partition coefficient (Wildman–Crippen LogP) is 11.3. The highest BCUT2D eigenvalue weighted by molar-refractivity contribution is 5.71. The van der Waals surface area contributed by atoms with Gasteiger partial charge in [0.05, 0.1) is 11.6 Å². The summed E-state index contributed by atoms with van der Waals surface area (Å²) in [5.74, 6) is 7.73. The molecule has 8 bridgehead atoms. The normalized spacial score (nSPS) is 32.2. The third kappa shape index (κ3) is 5.18. The lowest BCUT2D eigenvalue weighted by molar-refractivity contribution is -0.00530. The van der Waals surface area contributed by atoms with Crippen LogP contribution in [0.25, 0.3) is 45.3 Å². The van der Waals surface area contributed by atoms with E-state index in [2.05, 4.69) is 78.9 Å². The van der Waals surface area contributed by atoms with Crippen LogP contribution in [0.15, 0.2) is 97.1 Å². The Kier molecular flexibility index (Phi) is 6.96. The van der Waals surface area contributed by atoms with Gasteiger partial charge in [0.1, 0.15) is 0 Å². The zero-order chi connectivity index (χ0) is 34.4. The van der Waals surface area contributed by atoms with Crippen molar-refractivity contribution in [2.75, 3.05) is 0 Å². The van der Waals surface area contributed by atoms with E-state index >= 15 is 0 Å². The lowest BCUT2D eigenvalue weighted by Gasteiger charge is -2.57. The molecule has 8 fully saturated rings. The molecule has 8 aliphatic rings. The molecule has 1 heterocycles. The van der Waals surface area contributed by atoms with E-state index in [1.54, 1.807) is 0 Å². The third-order valence-corrected chi connectivity index (χ3v) is 14.7. The average Bonchev–Trinajstić information content (AvgIpc) is 3.17. The highest BCUT2D eigenvalue weighted by Gasteiger charge is 2.52. The fourth-order valence-corrected chi connectivity index (χ4v) is 13.2. The van der Waals surface area contributed by atoms with Crippen LogP contribution >= 0.6 is 0 Å². The Morgan fingerprint density at radius 1 is 0.385 bits per heavy atom. The van der Waals surface area contributed by atoms with Crippen LogP contribution in [-0.4, -0.2) is 15.0 Å². The Balaban J connectivity index is 0.947. The van der Waals surface area contributed by atoms with E-state index in [1.807, 2.05) is 24.3 Å². The summed E-state index contributed by atoms with van der Waals surface area (Å²) >= 11 is 0. The maximum Gasteiger partial charge on any atom is 0.164 e. The first-order valence-electron chi connectivity index (χ1n) is 20.1. The zero-order valence-electron chi connectivity index (χ0n) is 30.0. The molecule has 0 saturated heterocycles. The first-order chi connectivity index (χ1) is 25.5. The molecule has 0 atom stereocenters. The zero-order valence-corrected chi connectivity index (χ0v) is 30.0. The smallest absolute Gasteiger partial charge is 0.164 e. The van der Waals surface area contributed by atoms with Crippen LogP contribution in [-0.2, 0) is 10.8 Å². The van der Waals surface area contributed by atoms with E-state index in [9.17, 15) is 5.26 Å². The summed E-state index contributed by atoms with van der Waals surface area (Å²) in [4.78, 5) is 15.4. The molecule has 0 spiro atoms. The number of benzene rings is 4. The van der Waals surface area contributed by atoms with Crippen LogP contribution in [0.3, 0.4) is 0 Å². The number of nitriles is 1. The second-order valence-corrected chi connectivity index (χ2v) is 18.1. The van der Waals surface area contributed by atoms with Crippen molar-refractivity contribution >= 4 is 0 Å². The second kappa shape index (κ2) is 11.7. The number of aromatic nitrogens is 3. The molecule has 4 nitrogen and oxygen atoms in total. The quantitative estimate of drug-likeness (QED) is 0.179. The topological polar surface area (TPSA) is 62.5 Å². The van der Waals surface area contributed by atoms with Crippen molar-refractivity contribution in [1.29, 1.82) is 5.26 Å². The molecule has 5 aromatic rings. The highest BCUT2D eigenvalue weighted by Crippen LogP contribution is 2.62. The molecule has 4 aromatic carbocycles. The Bertz CT molecular complexity index is 2010. The summed E-state index contributed by atoms with van der Waals surface area (Å²) in [6.45, 7) is 0. The van der Waals surface area contributed by atoms with Gasteiger partial charge >= 0.3 is 0 Å². The fraction of sp³-hybridized carbons (Fsp3) is 0.417. The summed E-state index contributed by atoms with van der Waals surface area (Å²) in [6.07, 6.45) is 17.0. The fourth-order valence-electron chi connectivity index (χ4n) is 13.2. The molecular weight excluding hydrogens is 633 g/mol. The van der Waals surface area contributed by atoms with E-state index in [0.29, 0.717) is 22.2 Å². The van der Waals surface area contributed by atoms with Crippen LogP contribution in [0.2, 0.25) is 0 Å². The van der Waals surface area contributed by atoms with Gasteiger partial charge in [-0.2, -0.15) is 5.26 Å². The summed E-state index contributed by atoms with van der Waals surface area (Å²) < 4.78 is 0. The third-order valence-electron chi connectivity index (χ3n) is 14.7. The van der Waals surface area contributed by atoms with Gasteiger partial charge in [-0.1, -0.05) is 84.9 Å².